The van der Waals surface area contributed by atoms with Crippen molar-refractivity contribution >= 4 is 17.5 Å². The van der Waals surface area contributed by atoms with Crippen LogP contribution >= 0.6 is 11.6 Å². The lowest BCUT2D eigenvalue weighted by atomic mass is 10.00. The second-order valence-corrected chi connectivity index (χ2v) is 7.73. The van der Waals surface area contributed by atoms with E-state index in [2.05, 4.69) is 27.5 Å². The number of likely N-dealkylation sites (tertiary alicyclic amines) is 1. The molecule has 0 radical (unpaired) electrons. The van der Waals surface area contributed by atoms with Gasteiger partial charge in [0.25, 0.3) is 5.91 Å². The van der Waals surface area contributed by atoms with E-state index in [1.165, 1.54) is 12.8 Å². The third-order valence-corrected chi connectivity index (χ3v) is 5.05. The molecule has 1 fully saturated rings. The molecule has 2 heterocycles. The van der Waals surface area contributed by atoms with E-state index in [1.807, 2.05) is 26.0 Å². The first-order valence-corrected chi connectivity index (χ1v) is 9.53. The van der Waals surface area contributed by atoms with E-state index in [-0.39, 0.29) is 11.9 Å². The van der Waals surface area contributed by atoms with Crippen LogP contribution in [0.2, 0.25) is 5.02 Å². The third kappa shape index (κ3) is 4.43. The average molecular weight is 376 g/mol. The van der Waals surface area contributed by atoms with Gasteiger partial charge < -0.3 is 10.2 Å². The molecule has 140 valence electrons. The number of halogens is 1. The maximum Gasteiger partial charge on any atom is 0.274 e. The Morgan fingerprint density at radius 1 is 1.46 bits per heavy atom. The summed E-state index contributed by atoms with van der Waals surface area (Å²) in [6.07, 6.45) is 2.53. The Balaban J connectivity index is 1.65. The van der Waals surface area contributed by atoms with Crippen LogP contribution in [0, 0.1) is 12.8 Å². The lowest BCUT2D eigenvalue weighted by Crippen LogP contribution is -2.45. The fraction of sp³-hybridized carbons (Fsp3) is 0.526. The van der Waals surface area contributed by atoms with Crippen molar-refractivity contribution in [3.05, 3.63) is 40.7 Å². The lowest BCUT2D eigenvalue weighted by molar-refractivity contribution is 0.0914. The van der Waals surface area contributed by atoms with Crippen LogP contribution in [0.5, 0.6) is 0 Å². The van der Waals surface area contributed by atoms with Crippen LogP contribution in [-0.2, 0) is 0 Å². The molecule has 1 aromatic heterocycles. The molecule has 3 rings (SSSR count). The molecule has 0 saturated carbocycles. The van der Waals surface area contributed by atoms with Crippen molar-refractivity contribution in [3.63, 3.8) is 0 Å². The summed E-state index contributed by atoms with van der Waals surface area (Å²) in [7, 11) is 0. The van der Waals surface area contributed by atoms with Crippen LogP contribution < -0.4 is 5.32 Å². The monoisotopic (exact) mass is 375 g/mol. The first kappa shape index (κ1) is 18.9. The summed E-state index contributed by atoms with van der Waals surface area (Å²) in [6.45, 7) is 9.23. The minimum Gasteiger partial charge on any atom is -0.347 e. The molecular weight excluding hydrogens is 350 g/mol. The molecule has 2 atom stereocenters. The van der Waals surface area contributed by atoms with Crippen LogP contribution in [0.25, 0.3) is 5.69 Å². The van der Waals surface area contributed by atoms with Gasteiger partial charge in [-0.3, -0.25) is 4.79 Å². The Hall–Kier alpha value is -1.92. The number of amides is 1. The molecule has 1 amide bonds. The highest BCUT2D eigenvalue weighted by atomic mass is 35.5. The van der Waals surface area contributed by atoms with Gasteiger partial charge in [-0.15, -0.1) is 5.10 Å². The highest BCUT2D eigenvalue weighted by molar-refractivity contribution is 6.30. The number of benzene rings is 1. The summed E-state index contributed by atoms with van der Waals surface area (Å²) < 4.78 is 1.64. The highest BCUT2D eigenvalue weighted by Crippen LogP contribution is 2.17. The zero-order valence-electron chi connectivity index (χ0n) is 15.6. The van der Waals surface area contributed by atoms with E-state index in [4.69, 9.17) is 11.6 Å². The van der Waals surface area contributed by atoms with Gasteiger partial charge in [0, 0.05) is 24.2 Å². The zero-order chi connectivity index (χ0) is 18.7. The van der Waals surface area contributed by atoms with E-state index >= 15 is 0 Å². The van der Waals surface area contributed by atoms with E-state index < -0.39 is 0 Å². The van der Waals surface area contributed by atoms with Gasteiger partial charge in [0.15, 0.2) is 5.69 Å². The Morgan fingerprint density at radius 3 is 3.00 bits per heavy atom. The Kier molecular flexibility index (Phi) is 5.94. The number of nitrogens with zero attached hydrogens (tertiary/aromatic N) is 4. The maximum atomic E-state index is 12.6. The van der Waals surface area contributed by atoms with Gasteiger partial charge in [-0.2, -0.15) is 0 Å². The van der Waals surface area contributed by atoms with Crippen molar-refractivity contribution < 1.29 is 4.79 Å². The average Bonchev–Trinajstić information content (AvgIpc) is 2.96. The fourth-order valence-corrected chi connectivity index (χ4v) is 3.75. The normalized spacial score (nSPS) is 19.3. The molecule has 2 aromatic rings. The third-order valence-electron chi connectivity index (χ3n) is 4.81. The first-order chi connectivity index (χ1) is 12.4. The molecule has 26 heavy (non-hydrogen) atoms. The number of rotatable bonds is 5. The number of hydrogen-bond donors (Lipinski definition) is 1. The second-order valence-electron chi connectivity index (χ2n) is 7.30. The van der Waals surface area contributed by atoms with Crippen molar-refractivity contribution in [2.75, 3.05) is 19.6 Å². The molecule has 1 saturated heterocycles. The molecule has 1 aliphatic heterocycles. The van der Waals surface area contributed by atoms with Crippen LogP contribution in [0.4, 0.5) is 0 Å². The fourth-order valence-electron chi connectivity index (χ4n) is 3.57. The molecule has 6 nitrogen and oxygen atoms in total. The van der Waals surface area contributed by atoms with Gasteiger partial charge in [-0.25, -0.2) is 4.68 Å². The van der Waals surface area contributed by atoms with Crippen molar-refractivity contribution in [2.45, 2.75) is 39.7 Å². The molecular formula is C19H26ClN5O. The quantitative estimate of drug-likeness (QED) is 0.872. The van der Waals surface area contributed by atoms with Crippen molar-refractivity contribution in [1.29, 1.82) is 0 Å². The Bertz CT molecular complexity index is 775. The van der Waals surface area contributed by atoms with E-state index in [0.717, 1.165) is 31.2 Å². The topological polar surface area (TPSA) is 63.1 Å². The number of aromatic nitrogens is 3. The zero-order valence-corrected chi connectivity index (χ0v) is 16.3. The molecule has 0 bridgehead atoms. The molecule has 2 unspecified atom stereocenters. The van der Waals surface area contributed by atoms with Crippen molar-refractivity contribution in [3.8, 4) is 5.69 Å². The SMILES string of the molecule is Cc1c(C(=O)NC(C)CN2CCCC(C)C2)nnn1-c1cccc(Cl)c1. The van der Waals surface area contributed by atoms with Gasteiger partial charge in [0.05, 0.1) is 11.4 Å². The molecule has 7 heteroatoms. The number of carbonyl (C=O) groups excluding carboxylic acids is 1. The number of hydrogen-bond acceptors (Lipinski definition) is 4. The van der Waals surface area contributed by atoms with Crippen LogP contribution in [0.1, 0.15) is 42.9 Å². The maximum absolute atomic E-state index is 12.6. The summed E-state index contributed by atoms with van der Waals surface area (Å²) in [4.78, 5) is 15.0. The van der Waals surface area contributed by atoms with Gasteiger partial charge >= 0.3 is 0 Å². The van der Waals surface area contributed by atoms with Crippen molar-refractivity contribution in [1.82, 2.24) is 25.2 Å². The molecule has 1 aromatic carbocycles. The summed E-state index contributed by atoms with van der Waals surface area (Å²) in [5, 5.41) is 11.9. The van der Waals surface area contributed by atoms with E-state index in [1.54, 1.807) is 16.8 Å². The number of piperidine rings is 1. The van der Waals surface area contributed by atoms with E-state index in [9.17, 15) is 4.79 Å². The van der Waals surface area contributed by atoms with Crippen LogP contribution in [0.3, 0.4) is 0 Å². The molecule has 0 aliphatic carbocycles. The molecule has 1 N–H and O–H groups in total. The minimum absolute atomic E-state index is 0.0588. The van der Waals surface area contributed by atoms with E-state index in [0.29, 0.717) is 16.4 Å². The summed E-state index contributed by atoms with van der Waals surface area (Å²) in [5.41, 5.74) is 1.84. The summed E-state index contributed by atoms with van der Waals surface area (Å²) in [6, 6.07) is 7.39. The highest BCUT2D eigenvalue weighted by Gasteiger charge is 2.22. The van der Waals surface area contributed by atoms with Crippen LogP contribution in [-0.4, -0.2) is 51.5 Å². The second kappa shape index (κ2) is 8.18. The first-order valence-electron chi connectivity index (χ1n) is 9.15. The lowest BCUT2D eigenvalue weighted by Gasteiger charge is -2.32. The van der Waals surface area contributed by atoms with Gasteiger partial charge in [-0.05, 0) is 57.4 Å². The molecule has 0 spiro atoms. The standard InChI is InChI=1S/C19H26ClN5O/c1-13-6-5-9-24(11-13)12-14(2)21-19(26)18-15(3)25(23-22-18)17-8-4-7-16(20)10-17/h4,7-8,10,13-14H,5-6,9,11-12H2,1-3H3,(H,21,26). The number of carbonyl (C=O) groups is 1. The minimum atomic E-state index is -0.187. The van der Waals surface area contributed by atoms with Crippen molar-refractivity contribution in [2.24, 2.45) is 5.92 Å². The summed E-state index contributed by atoms with van der Waals surface area (Å²) in [5.74, 6) is 0.542. The van der Waals surface area contributed by atoms with Gasteiger partial charge in [0.2, 0.25) is 0 Å². The van der Waals surface area contributed by atoms with Gasteiger partial charge in [0.1, 0.15) is 0 Å². The van der Waals surface area contributed by atoms with Gasteiger partial charge in [-0.1, -0.05) is 29.8 Å². The predicted molar refractivity (Wildman–Crippen MR) is 103 cm³/mol. The molecule has 1 aliphatic rings. The number of nitrogens with one attached hydrogen (secondary N) is 1. The smallest absolute Gasteiger partial charge is 0.274 e. The largest absolute Gasteiger partial charge is 0.347 e. The Morgan fingerprint density at radius 2 is 2.27 bits per heavy atom. The Labute approximate surface area is 159 Å². The predicted octanol–water partition coefficient (Wildman–Crippen LogP) is 3.08. The van der Waals surface area contributed by atoms with Crippen LogP contribution in [0.15, 0.2) is 24.3 Å². The summed E-state index contributed by atoms with van der Waals surface area (Å²) >= 11 is 6.04.